The van der Waals surface area contributed by atoms with Crippen molar-refractivity contribution in [1.29, 1.82) is 0 Å². The summed E-state index contributed by atoms with van der Waals surface area (Å²) in [5, 5.41) is 21.9. The van der Waals surface area contributed by atoms with Crippen LogP contribution in [-0.2, 0) is 20.1 Å². The van der Waals surface area contributed by atoms with Crippen LogP contribution >= 0.6 is 22.9 Å². The van der Waals surface area contributed by atoms with E-state index in [4.69, 9.17) is 21.1 Å². The molecule has 3 heterocycles. The van der Waals surface area contributed by atoms with E-state index < -0.39 is 22.9 Å². The van der Waals surface area contributed by atoms with Crippen LogP contribution < -0.4 is 4.65 Å². The highest BCUT2D eigenvalue weighted by Crippen LogP contribution is 2.34. The van der Waals surface area contributed by atoms with Crippen molar-refractivity contribution in [3.05, 3.63) is 10.2 Å². The molecule has 4 atom stereocenters. The molecule has 2 aliphatic rings. The molecule has 10 heteroatoms. The average molecular weight is 363 g/mol. The van der Waals surface area contributed by atoms with Gasteiger partial charge in [0.2, 0.25) is 0 Å². The number of esters is 1. The highest BCUT2D eigenvalue weighted by atomic mass is 35.5. The van der Waals surface area contributed by atoms with Crippen molar-refractivity contribution < 1.29 is 14.3 Å². The van der Waals surface area contributed by atoms with Crippen molar-refractivity contribution in [3.63, 3.8) is 0 Å². The van der Waals surface area contributed by atoms with E-state index in [0.717, 1.165) is 17.8 Å². The van der Waals surface area contributed by atoms with Crippen molar-refractivity contribution in [2.75, 3.05) is 20.3 Å². The van der Waals surface area contributed by atoms with Crippen LogP contribution in [0.25, 0.3) is 0 Å². The number of ether oxygens (including phenoxy) is 2. The predicted molar refractivity (Wildman–Crippen MR) is 85.6 cm³/mol. The monoisotopic (exact) mass is 362 g/mol. The number of quaternary nitrogens is 1. The Morgan fingerprint density at radius 2 is 2.35 bits per heavy atom. The third-order valence-corrected chi connectivity index (χ3v) is 5.47. The molecule has 2 fully saturated rings. The number of hydrogen-bond donors (Lipinski definition) is 0. The number of hydrogen-bond acceptors (Lipinski definition) is 8. The maximum absolute atomic E-state index is 13.2. The van der Waals surface area contributed by atoms with Gasteiger partial charge in [-0.2, -0.15) is 0 Å². The number of likely N-dealkylation sites (N-methyl/N-ethyl adjacent to an activating group) is 1. The molecule has 0 aliphatic carbocycles. The average Bonchev–Trinajstić information content (AvgIpc) is 3.19. The summed E-state index contributed by atoms with van der Waals surface area (Å²) in [5.41, 5.74) is 0. The Kier molecular flexibility index (Phi) is 4.86. The summed E-state index contributed by atoms with van der Waals surface area (Å²) in [6.07, 6.45) is 0.0217. The van der Waals surface area contributed by atoms with Crippen LogP contribution in [0.5, 0.6) is 0 Å². The lowest BCUT2D eigenvalue weighted by Crippen LogP contribution is -2.51. The Balaban J connectivity index is 1.75. The third-order valence-electron chi connectivity index (χ3n) is 4.03. The van der Waals surface area contributed by atoms with Crippen molar-refractivity contribution in [1.82, 2.24) is 19.7 Å². The lowest BCUT2D eigenvalue weighted by Gasteiger charge is -2.38. The largest absolute Gasteiger partial charge is 0.622 e. The molecule has 3 rings (SSSR count). The predicted octanol–water partition coefficient (Wildman–Crippen LogP) is 1.42. The molecule has 0 amide bonds. The zero-order valence-electron chi connectivity index (χ0n) is 13.0. The SMILES string of the molecule is CC1CCC(C(=O)OC2CN(C)C[N+]2([O-])c2nnc(CCl)s2)O1. The number of nitrogens with zero attached hydrogens (tertiary/aromatic N) is 4. The zero-order chi connectivity index (χ0) is 16.6. The molecule has 8 nitrogen and oxygen atoms in total. The summed E-state index contributed by atoms with van der Waals surface area (Å²) in [6.45, 7) is 2.41. The first-order valence-corrected chi connectivity index (χ1v) is 8.79. The quantitative estimate of drug-likeness (QED) is 0.346. The van der Waals surface area contributed by atoms with Gasteiger partial charge >= 0.3 is 11.1 Å². The molecule has 2 aliphatic heterocycles. The van der Waals surface area contributed by atoms with Crippen molar-refractivity contribution in [2.24, 2.45) is 0 Å². The van der Waals surface area contributed by atoms with Crippen molar-refractivity contribution in [3.8, 4) is 0 Å². The summed E-state index contributed by atoms with van der Waals surface area (Å²) in [7, 11) is 1.80. The second-order valence-corrected chi connectivity index (χ2v) is 7.30. The Hall–Kier alpha value is -0.840. The summed E-state index contributed by atoms with van der Waals surface area (Å²) in [5.74, 6) is -0.277. The summed E-state index contributed by atoms with van der Waals surface area (Å²) in [4.78, 5) is 14.1. The number of halogens is 1. The molecule has 128 valence electrons. The van der Waals surface area contributed by atoms with E-state index in [2.05, 4.69) is 10.2 Å². The Bertz CT molecular complexity index is 588. The fourth-order valence-electron chi connectivity index (χ4n) is 2.85. The minimum absolute atomic E-state index is 0.0414. The zero-order valence-corrected chi connectivity index (χ0v) is 14.5. The Morgan fingerprint density at radius 1 is 1.57 bits per heavy atom. The number of aromatic nitrogens is 2. The molecule has 2 saturated heterocycles. The van der Waals surface area contributed by atoms with Gasteiger partial charge in [0, 0.05) is 0 Å². The number of alkyl halides is 1. The topological polar surface area (TPSA) is 87.6 Å². The lowest BCUT2D eigenvalue weighted by molar-refractivity contribution is -0.165. The van der Waals surface area contributed by atoms with Crippen LogP contribution in [0.1, 0.15) is 24.8 Å². The number of hydroxylamine groups is 2. The third kappa shape index (κ3) is 3.35. The van der Waals surface area contributed by atoms with Gasteiger partial charge in [0.25, 0.3) is 6.23 Å². The molecule has 0 bridgehead atoms. The molecule has 0 radical (unpaired) electrons. The maximum Gasteiger partial charge on any atom is 0.339 e. The van der Waals surface area contributed by atoms with Crippen LogP contribution in [0.2, 0.25) is 0 Å². The second kappa shape index (κ2) is 6.58. The molecule has 0 spiro atoms. The summed E-state index contributed by atoms with van der Waals surface area (Å²) >= 11 is 6.88. The van der Waals surface area contributed by atoms with Gasteiger partial charge in [0.1, 0.15) is 11.7 Å². The summed E-state index contributed by atoms with van der Waals surface area (Å²) in [6, 6.07) is 0. The first kappa shape index (κ1) is 17.0. The van der Waals surface area contributed by atoms with Gasteiger partial charge in [0.15, 0.2) is 6.10 Å². The number of carbonyl (C=O) groups is 1. The molecule has 23 heavy (non-hydrogen) atoms. The van der Waals surface area contributed by atoms with Gasteiger partial charge in [-0.25, -0.2) is 9.69 Å². The second-order valence-electron chi connectivity index (χ2n) is 5.99. The van der Waals surface area contributed by atoms with E-state index in [1.54, 1.807) is 7.05 Å². The van der Waals surface area contributed by atoms with E-state index in [9.17, 15) is 10.0 Å². The standard InChI is InChI=1S/C13H19ClN4O4S/c1-8-3-4-9(21-8)12(19)22-11-6-17(2)7-18(11,20)13-16-15-10(5-14)23-13/h8-9,11H,3-7H2,1-2H3. The minimum Gasteiger partial charge on any atom is -0.622 e. The van der Waals surface area contributed by atoms with Gasteiger partial charge in [-0.15, -0.1) is 16.7 Å². The fraction of sp³-hybridized carbons (Fsp3) is 0.769. The Morgan fingerprint density at radius 3 is 2.96 bits per heavy atom. The van der Waals surface area contributed by atoms with Gasteiger partial charge < -0.3 is 14.7 Å². The number of carbonyl (C=O) groups excluding carboxylic acids is 1. The van der Waals surface area contributed by atoms with Gasteiger partial charge in [0.05, 0.1) is 18.5 Å². The fourth-order valence-corrected chi connectivity index (χ4v) is 3.83. The molecular weight excluding hydrogens is 344 g/mol. The highest BCUT2D eigenvalue weighted by Gasteiger charge is 2.46. The first-order valence-electron chi connectivity index (χ1n) is 7.44. The van der Waals surface area contributed by atoms with Crippen LogP contribution in [-0.4, -0.2) is 59.8 Å². The van der Waals surface area contributed by atoms with Crippen molar-refractivity contribution in [2.45, 2.75) is 44.1 Å². The van der Waals surface area contributed by atoms with E-state index in [1.807, 2.05) is 11.8 Å². The molecule has 0 saturated carbocycles. The smallest absolute Gasteiger partial charge is 0.339 e. The molecule has 1 aromatic rings. The van der Waals surface area contributed by atoms with Gasteiger partial charge in [-0.3, -0.25) is 4.65 Å². The van der Waals surface area contributed by atoms with Crippen LogP contribution in [0, 0.1) is 5.21 Å². The highest BCUT2D eigenvalue weighted by molar-refractivity contribution is 7.15. The van der Waals surface area contributed by atoms with E-state index in [0.29, 0.717) is 18.0 Å². The summed E-state index contributed by atoms with van der Waals surface area (Å²) < 4.78 is 10.2. The van der Waals surface area contributed by atoms with E-state index in [-0.39, 0.29) is 23.8 Å². The van der Waals surface area contributed by atoms with Crippen LogP contribution in [0.4, 0.5) is 5.13 Å². The van der Waals surface area contributed by atoms with E-state index in [1.165, 1.54) is 0 Å². The number of rotatable bonds is 4. The normalized spacial score (nSPS) is 34.9. The van der Waals surface area contributed by atoms with E-state index >= 15 is 0 Å². The Labute approximate surface area is 143 Å². The molecule has 0 aromatic carbocycles. The van der Waals surface area contributed by atoms with Crippen LogP contribution in [0.3, 0.4) is 0 Å². The van der Waals surface area contributed by atoms with Crippen LogP contribution in [0.15, 0.2) is 0 Å². The molecule has 1 aromatic heterocycles. The first-order chi connectivity index (χ1) is 10.9. The molecule has 0 N–H and O–H groups in total. The van der Waals surface area contributed by atoms with Crippen molar-refractivity contribution >= 4 is 34.0 Å². The minimum atomic E-state index is -0.872. The molecular formula is C13H19ClN4O4S. The maximum atomic E-state index is 13.2. The van der Waals surface area contributed by atoms with Gasteiger partial charge in [-0.05, 0) is 38.1 Å². The molecule has 4 unspecified atom stereocenters. The van der Waals surface area contributed by atoms with Gasteiger partial charge in [-0.1, -0.05) is 5.10 Å². The lowest BCUT2D eigenvalue weighted by atomic mass is 10.2.